The predicted molar refractivity (Wildman–Crippen MR) is 87.3 cm³/mol. The van der Waals surface area contributed by atoms with Gasteiger partial charge < -0.3 is 4.74 Å². The number of hydrogen-bond acceptors (Lipinski definition) is 3. The number of anilines is 1. The summed E-state index contributed by atoms with van der Waals surface area (Å²) in [4.78, 5) is 0.221. The molecule has 0 aliphatic heterocycles. The third kappa shape index (κ3) is 3.98. The lowest BCUT2D eigenvalue weighted by atomic mass is 10.2. The van der Waals surface area contributed by atoms with E-state index in [0.29, 0.717) is 12.3 Å². The van der Waals surface area contributed by atoms with Gasteiger partial charge in [0.1, 0.15) is 5.75 Å². The summed E-state index contributed by atoms with van der Waals surface area (Å²) in [6, 6.07) is 11.8. The van der Waals surface area contributed by atoms with Crippen molar-refractivity contribution in [1.82, 2.24) is 0 Å². The molecule has 4 nitrogen and oxygen atoms in total. The fraction of sp³-hybridized carbons (Fsp3) is 0.200. The molecule has 0 saturated carbocycles. The van der Waals surface area contributed by atoms with Crippen molar-refractivity contribution in [2.24, 2.45) is 0 Å². The average Bonchev–Trinajstić information content (AvgIpc) is 2.42. The van der Waals surface area contributed by atoms with E-state index in [2.05, 4.69) is 20.7 Å². The summed E-state index contributed by atoms with van der Waals surface area (Å²) in [5.41, 5.74) is 1.35. The first-order valence-corrected chi connectivity index (χ1v) is 8.72. The minimum absolute atomic E-state index is 0.221. The minimum atomic E-state index is -3.59. The second-order valence-electron chi connectivity index (χ2n) is 4.47. The smallest absolute Gasteiger partial charge is 0.261 e. The predicted octanol–water partition coefficient (Wildman–Crippen LogP) is 3.96. The Kier molecular flexibility index (Phi) is 4.90. The number of hydrogen-bond donors (Lipinski definition) is 1. The molecule has 0 spiro atoms. The SMILES string of the molecule is CCOc1ccc(NS(=O)(=O)c2ccc(Br)cc2)c(C)c1. The molecule has 21 heavy (non-hydrogen) atoms. The molecule has 0 saturated heterocycles. The molecule has 2 aromatic carbocycles. The van der Waals surface area contributed by atoms with Crippen LogP contribution in [0.2, 0.25) is 0 Å². The Morgan fingerprint density at radius 3 is 2.38 bits per heavy atom. The normalized spacial score (nSPS) is 11.2. The zero-order valence-corrected chi connectivity index (χ0v) is 14.2. The quantitative estimate of drug-likeness (QED) is 0.867. The van der Waals surface area contributed by atoms with Crippen LogP contribution < -0.4 is 9.46 Å². The molecular weight excluding hydrogens is 354 g/mol. The number of sulfonamides is 1. The Bertz CT molecular complexity index is 727. The molecule has 0 amide bonds. The molecular formula is C15H16BrNO3S. The summed E-state index contributed by atoms with van der Waals surface area (Å²) in [5.74, 6) is 0.724. The summed E-state index contributed by atoms with van der Waals surface area (Å²) in [5, 5.41) is 0. The number of ether oxygens (including phenoxy) is 1. The van der Waals surface area contributed by atoms with Crippen LogP contribution in [0.15, 0.2) is 51.8 Å². The number of halogens is 1. The molecule has 2 rings (SSSR count). The van der Waals surface area contributed by atoms with Gasteiger partial charge in [0.25, 0.3) is 10.0 Å². The van der Waals surface area contributed by atoms with Gasteiger partial charge >= 0.3 is 0 Å². The van der Waals surface area contributed by atoms with Crippen molar-refractivity contribution < 1.29 is 13.2 Å². The summed E-state index contributed by atoms with van der Waals surface area (Å²) in [6.45, 7) is 4.31. The van der Waals surface area contributed by atoms with Gasteiger partial charge in [-0.3, -0.25) is 4.72 Å². The third-order valence-corrected chi connectivity index (χ3v) is 4.79. The standard InChI is InChI=1S/C15H16BrNO3S/c1-3-20-13-6-9-15(11(2)10-13)17-21(18,19)14-7-4-12(16)5-8-14/h4-10,17H,3H2,1-2H3. The highest BCUT2D eigenvalue weighted by molar-refractivity contribution is 9.10. The lowest BCUT2D eigenvalue weighted by Crippen LogP contribution is -2.13. The van der Waals surface area contributed by atoms with Crippen LogP contribution in [-0.2, 0) is 10.0 Å². The molecule has 0 bridgehead atoms. The zero-order valence-electron chi connectivity index (χ0n) is 11.8. The number of nitrogens with one attached hydrogen (secondary N) is 1. The van der Waals surface area contributed by atoms with E-state index in [1.807, 2.05) is 19.9 Å². The Hall–Kier alpha value is -1.53. The van der Waals surface area contributed by atoms with E-state index in [1.165, 1.54) is 0 Å². The Morgan fingerprint density at radius 1 is 1.14 bits per heavy atom. The monoisotopic (exact) mass is 369 g/mol. The van der Waals surface area contributed by atoms with Crippen molar-refractivity contribution in [1.29, 1.82) is 0 Å². The van der Waals surface area contributed by atoms with Gasteiger partial charge in [-0.2, -0.15) is 0 Å². The molecule has 112 valence electrons. The van der Waals surface area contributed by atoms with Gasteiger partial charge in [-0.25, -0.2) is 8.42 Å². The molecule has 0 heterocycles. The maximum atomic E-state index is 12.3. The first-order valence-electron chi connectivity index (χ1n) is 6.44. The molecule has 1 N–H and O–H groups in total. The molecule has 0 radical (unpaired) electrons. The fourth-order valence-electron chi connectivity index (χ4n) is 1.82. The Labute approximate surface area is 133 Å². The van der Waals surface area contributed by atoms with E-state index in [1.54, 1.807) is 36.4 Å². The van der Waals surface area contributed by atoms with Crippen molar-refractivity contribution in [3.63, 3.8) is 0 Å². The van der Waals surface area contributed by atoms with Crippen molar-refractivity contribution in [2.75, 3.05) is 11.3 Å². The van der Waals surface area contributed by atoms with Gasteiger partial charge in [-0.05, 0) is 61.9 Å². The van der Waals surface area contributed by atoms with Gasteiger partial charge in [0, 0.05) is 4.47 Å². The first-order chi connectivity index (χ1) is 9.92. The average molecular weight is 370 g/mol. The van der Waals surface area contributed by atoms with Crippen LogP contribution in [-0.4, -0.2) is 15.0 Å². The van der Waals surface area contributed by atoms with Gasteiger partial charge in [-0.1, -0.05) is 15.9 Å². The molecule has 0 aliphatic rings. The molecule has 0 unspecified atom stereocenters. The summed E-state index contributed by atoms with van der Waals surface area (Å²) in [7, 11) is -3.59. The van der Waals surface area contributed by atoms with Gasteiger partial charge in [0.2, 0.25) is 0 Å². The maximum absolute atomic E-state index is 12.3. The van der Waals surface area contributed by atoms with Crippen LogP contribution in [0.1, 0.15) is 12.5 Å². The summed E-state index contributed by atoms with van der Waals surface area (Å²) in [6.07, 6.45) is 0. The fourth-order valence-corrected chi connectivity index (χ4v) is 3.22. The topological polar surface area (TPSA) is 55.4 Å². The lowest BCUT2D eigenvalue weighted by molar-refractivity contribution is 0.340. The molecule has 2 aromatic rings. The highest BCUT2D eigenvalue weighted by atomic mass is 79.9. The highest BCUT2D eigenvalue weighted by Crippen LogP contribution is 2.24. The van der Waals surface area contributed by atoms with E-state index < -0.39 is 10.0 Å². The second-order valence-corrected chi connectivity index (χ2v) is 7.07. The van der Waals surface area contributed by atoms with Crippen LogP contribution in [0.25, 0.3) is 0 Å². The number of benzene rings is 2. The van der Waals surface area contributed by atoms with Crippen LogP contribution in [0.5, 0.6) is 5.75 Å². The van der Waals surface area contributed by atoms with E-state index >= 15 is 0 Å². The molecule has 0 fully saturated rings. The van der Waals surface area contributed by atoms with Crippen molar-refractivity contribution in [2.45, 2.75) is 18.7 Å². The van der Waals surface area contributed by atoms with Gasteiger partial charge in [-0.15, -0.1) is 0 Å². The van der Waals surface area contributed by atoms with E-state index in [0.717, 1.165) is 15.8 Å². The van der Waals surface area contributed by atoms with Crippen molar-refractivity contribution >= 4 is 31.6 Å². The van der Waals surface area contributed by atoms with Crippen LogP contribution >= 0.6 is 15.9 Å². The van der Waals surface area contributed by atoms with E-state index in [-0.39, 0.29) is 4.90 Å². The minimum Gasteiger partial charge on any atom is -0.494 e. The molecule has 6 heteroatoms. The Balaban J connectivity index is 2.26. The number of aryl methyl sites for hydroxylation is 1. The van der Waals surface area contributed by atoms with E-state index in [9.17, 15) is 8.42 Å². The summed E-state index contributed by atoms with van der Waals surface area (Å²) >= 11 is 3.28. The lowest BCUT2D eigenvalue weighted by Gasteiger charge is -2.12. The molecule has 0 atom stereocenters. The largest absolute Gasteiger partial charge is 0.494 e. The van der Waals surface area contributed by atoms with Crippen molar-refractivity contribution in [3.05, 3.63) is 52.5 Å². The molecule has 0 aliphatic carbocycles. The van der Waals surface area contributed by atoms with Gasteiger partial charge in [0.05, 0.1) is 17.2 Å². The first kappa shape index (κ1) is 15.9. The second kappa shape index (κ2) is 6.49. The van der Waals surface area contributed by atoms with Crippen molar-refractivity contribution in [3.8, 4) is 5.75 Å². The zero-order chi connectivity index (χ0) is 15.5. The number of rotatable bonds is 5. The third-order valence-electron chi connectivity index (χ3n) is 2.88. The maximum Gasteiger partial charge on any atom is 0.261 e. The Morgan fingerprint density at radius 2 is 1.81 bits per heavy atom. The van der Waals surface area contributed by atoms with Crippen LogP contribution in [0.3, 0.4) is 0 Å². The summed E-state index contributed by atoms with van der Waals surface area (Å²) < 4.78 is 33.4. The molecule has 0 aromatic heterocycles. The van der Waals surface area contributed by atoms with Gasteiger partial charge in [0.15, 0.2) is 0 Å². The van der Waals surface area contributed by atoms with Crippen LogP contribution in [0, 0.1) is 6.92 Å². The van der Waals surface area contributed by atoms with E-state index in [4.69, 9.17) is 4.74 Å². The van der Waals surface area contributed by atoms with Crippen LogP contribution in [0.4, 0.5) is 5.69 Å². The highest BCUT2D eigenvalue weighted by Gasteiger charge is 2.15.